The summed E-state index contributed by atoms with van der Waals surface area (Å²) >= 11 is 1.99. The molecule has 110 valence electrons. The van der Waals surface area contributed by atoms with Crippen molar-refractivity contribution in [1.29, 1.82) is 0 Å². The molecule has 4 rings (SSSR count). The van der Waals surface area contributed by atoms with E-state index in [-0.39, 0.29) is 0 Å². The van der Waals surface area contributed by atoms with Gasteiger partial charge in [0.25, 0.3) is 0 Å². The van der Waals surface area contributed by atoms with Crippen molar-refractivity contribution >= 4 is 11.3 Å². The predicted octanol–water partition coefficient (Wildman–Crippen LogP) is 3.87. The fraction of sp³-hybridized carbons (Fsp3) is 0.444. The Balaban J connectivity index is 1.68. The largest absolute Gasteiger partial charge is 0.493 e. The third kappa shape index (κ3) is 2.39. The number of benzene rings is 1. The Morgan fingerprint density at radius 1 is 1.10 bits per heavy atom. The summed E-state index contributed by atoms with van der Waals surface area (Å²) in [7, 11) is 2.06. The van der Waals surface area contributed by atoms with Gasteiger partial charge in [0.05, 0.1) is 12.6 Å². The molecule has 0 bridgehead atoms. The first-order valence-electron chi connectivity index (χ1n) is 7.89. The second kappa shape index (κ2) is 5.47. The lowest BCUT2D eigenvalue weighted by Crippen LogP contribution is -2.17. The van der Waals surface area contributed by atoms with Crippen molar-refractivity contribution in [2.24, 2.45) is 0 Å². The highest BCUT2D eigenvalue weighted by molar-refractivity contribution is 7.12. The number of aryl methyl sites for hydroxylation is 3. The molecule has 2 aliphatic rings. The topological polar surface area (TPSA) is 21.3 Å². The average molecular weight is 299 g/mol. The van der Waals surface area contributed by atoms with Gasteiger partial charge in [0.1, 0.15) is 5.75 Å². The van der Waals surface area contributed by atoms with Gasteiger partial charge in [-0.1, -0.05) is 12.1 Å². The Morgan fingerprint density at radius 2 is 2.00 bits per heavy atom. The van der Waals surface area contributed by atoms with E-state index in [1.807, 2.05) is 11.3 Å². The minimum Gasteiger partial charge on any atom is -0.493 e. The summed E-state index contributed by atoms with van der Waals surface area (Å²) < 4.78 is 5.73. The van der Waals surface area contributed by atoms with E-state index in [0.717, 1.165) is 25.2 Å². The number of fused-ring (bicyclic) bond motifs is 2. The maximum absolute atomic E-state index is 5.73. The van der Waals surface area contributed by atoms with Gasteiger partial charge in [-0.3, -0.25) is 0 Å². The van der Waals surface area contributed by atoms with Crippen LogP contribution in [0, 0.1) is 0 Å². The van der Waals surface area contributed by atoms with E-state index < -0.39 is 0 Å². The molecule has 0 spiro atoms. The van der Waals surface area contributed by atoms with E-state index in [1.54, 1.807) is 10.4 Å². The summed E-state index contributed by atoms with van der Waals surface area (Å²) in [6.45, 7) is 0.861. The Morgan fingerprint density at radius 3 is 2.86 bits per heavy atom. The number of ether oxygens (including phenoxy) is 1. The maximum Gasteiger partial charge on any atom is 0.122 e. The van der Waals surface area contributed by atoms with Crippen LogP contribution in [0.3, 0.4) is 0 Å². The van der Waals surface area contributed by atoms with E-state index >= 15 is 0 Å². The molecule has 3 heteroatoms. The maximum atomic E-state index is 5.73. The monoisotopic (exact) mass is 299 g/mol. The van der Waals surface area contributed by atoms with Crippen LogP contribution in [0.25, 0.3) is 0 Å². The molecule has 2 heterocycles. The molecular formula is C18H21NOS. The first kappa shape index (κ1) is 13.4. The minimum atomic E-state index is 0.313. The molecule has 0 saturated heterocycles. The second-order valence-corrected chi connectivity index (χ2v) is 7.16. The van der Waals surface area contributed by atoms with E-state index in [4.69, 9.17) is 4.74 Å². The van der Waals surface area contributed by atoms with Gasteiger partial charge in [0.2, 0.25) is 0 Å². The summed E-state index contributed by atoms with van der Waals surface area (Å²) in [5.41, 5.74) is 4.31. The minimum absolute atomic E-state index is 0.313. The number of hydrogen-bond acceptors (Lipinski definition) is 3. The number of thiophene rings is 1. The van der Waals surface area contributed by atoms with Crippen LogP contribution < -0.4 is 10.1 Å². The van der Waals surface area contributed by atoms with Gasteiger partial charge < -0.3 is 10.1 Å². The molecule has 0 saturated carbocycles. The van der Waals surface area contributed by atoms with Gasteiger partial charge in [-0.2, -0.15) is 0 Å². The quantitative estimate of drug-likeness (QED) is 0.929. The van der Waals surface area contributed by atoms with Crippen molar-refractivity contribution in [2.75, 3.05) is 13.7 Å². The highest BCUT2D eigenvalue weighted by atomic mass is 32.1. The lowest BCUT2D eigenvalue weighted by Gasteiger charge is -2.21. The standard InChI is InChI=1S/C18H21NOS/c1-19-18(17-11-13-4-2-6-16(13)21-17)14-7-8-15-12(10-14)5-3-9-20-15/h7-8,10-11,18-19H,2-6,9H2,1H3. The lowest BCUT2D eigenvalue weighted by atomic mass is 9.98. The molecule has 1 unspecified atom stereocenters. The SMILES string of the molecule is CNC(c1ccc2c(c1)CCCO2)c1cc2c(s1)CCC2. The van der Waals surface area contributed by atoms with Gasteiger partial charge in [-0.25, -0.2) is 0 Å². The van der Waals surface area contributed by atoms with Crippen LogP contribution >= 0.6 is 11.3 Å². The van der Waals surface area contributed by atoms with Crippen molar-refractivity contribution in [3.05, 3.63) is 50.7 Å². The third-order valence-electron chi connectivity index (χ3n) is 4.60. The van der Waals surface area contributed by atoms with Crippen LogP contribution in [0.2, 0.25) is 0 Å². The van der Waals surface area contributed by atoms with E-state index in [9.17, 15) is 0 Å². The van der Waals surface area contributed by atoms with Crippen LogP contribution in [-0.4, -0.2) is 13.7 Å². The normalized spacial score (nSPS) is 18.0. The molecule has 2 aromatic rings. The molecule has 2 nitrogen and oxygen atoms in total. The molecule has 1 aliphatic carbocycles. The number of rotatable bonds is 3. The lowest BCUT2D eigenvalue weighted by molar-refractivity contribution is 0.288. The van der Waals surface area contributed by atoms with Gasteiger partial charge >= 0.3 is 0 Å². The van der Waals surface area contributed by atoms with Crippen molar-refractivity contribution in [3.63, 3.8) is 0 Å². The fourth-order valence-electron chi connectivity index (χ4n) is 3.53. The van der Waals surface area contributed by atoms with Crippen LogP contribution in [0.15, 0.2) is 24.3 Å². The molecule has 0 amide bonds. The zero-order valence-corrected chi connectivity index (χ0v) is 13.3. The molecule has 1 aromatic heterocycles. The van der Waals surface area contributed by atoms with E-state index in [1.165, 1.54) is 35.3 Å². The summed E-state index contributed by atoms with van der Waals surface area (Å²) in [5, 5.41) is 3.50. The van der Waals surface area contributed by atoms with Gasteiger partial charge in [0.15, 0.2) is 0 Å². The smallest absolute Gasteiger partial charge is 0.122 e. The summed E-state index contributed by atoms with van der Waals surface area (Å²) in [4.78, 5) is 3.06. The predicted molar refractivity (Wildman–Crippen MR) is 87.5 cm³/mol. The zero-order chi connectivity index (χ0) is 14.2. The van der Waals surface area contributed by atoms with Crippen molar-refractivity contribution in [2.45, 2.75) is 38.1 Å². The Hall–Kier alpha value is -1.32. The van der Waals surface area contributed by atoms with Crippen molar-refractivity contribution in [1.82, 2.24) is 5.32 Å². The number of nitrogens with one attached hydrogen (secondary N) is 1. The first-order valence-corrected chi connectivity index (χ1v) is 8.71. The van der Waals surface area contributed by atoms with E-state index in [2.05, 4.69) is 36.6 Å². The summed E-state index contributed by atoms with van der Waals surface area (Å²) in [6.07, 6.45) is 6.14. The van der Waals surface area contributed by atoms with Crippen molar-refractivity contribution in [3.8, 4) is 5.75 Å². The van der Waals surface area contributed by atoms with Crippen LogP contribution in [-0.2, 0) is 19.3 Å². The highest BCUT2D eigenvalue weighted by Crippen LogP contribution is 2.37. The Kier molecular flexibility index (Phi) is 3.48. The zero-order valence-electron chi connectivity index (χ0n) is 12.4. The van der Waals surface area contributed by atoms with Crippen LogP contribution in [0.4, 0.5) is 0 Å². The van der Waals surface area contributed by atoms with Crippen LogP contribution in [0.1, 0.15) is 45.3 Å². The Labute approximate surface area is 130 Å². The fourth-order valence-corrected chi connectivity index (χ4v) is 4.92. The summed E-state index contributed by atoms with van der Waals surface area (Å²) in [6, 6.07) is 9.43. The van der Waals surface area contributed by atoms with Crippen molar-refractivity contribution < 1.29 is 4.74 Å². The van der Waals surface area contributed by atoms with Gasteiger partial charge in [0, 0.05) is 9.75 Å². The average Bonchev–Trinajstić information content (AvgIpc) is 3.09. The molecule has 0 radical (unpaired) electrons. The third-order valence-corrected chi connectivity index (χ3v) is 5.91. The van der Waals surface area contributed by atoms with Gasteiger partial charge in [-0.15, -0.1) is 11.3 Å². The molecule has 1 atom stereocenters. The second-order valence-electron chi connectivity index (χ2n) is 5.99. The first-order chi connectivity index (χ1) is 10.3. The molecule has 21 heavy (non-hydrogen) atoms. The molecule has 1 aliphatic heterocycles. The number of hydrogen-bond donors (Lipinski definition) is 1. The summed E-state index contributed by atoms with van der Waals surface area (Å²) in [5.74, 6) is 1.08. The highest BCUT2D eigenvalue weighted by Gasteiger charge is 2.21. The molecule has 1 aromatic carbocycles. The Bertz CT molecular complexity index is 640. The molecular weight excluding hydrogens is 278 g/mol. The van der Waals surface area contributed by atoms with Crippen LogP contribution in [0.5, 0.6) is 5.75 Å². The molecule has 1 N–H and O–H groups in total. The van der Waals surface area contributed by atoms with Gasteiger partial charge in [-0.05, 0) is 68.0 Å². The van der Waals surface area contributed by atoms with E-state index in [0.29, 0.717) is 6.04 Å². The molecule has 0 fully saturated rings.